The first-order chi connectivity index (χ1) is 12.0. The van der Waals surface area contributed by atoms with E-state index >= 15 is 0 Å². The normalized spacial score (nSPS) is 11.2. The van der Waals surface area contributed by atoms with Gasteiger partial charge in [-0.2, -0.15) is 0 Å². The molecule has 0 saturated heterocycles. The fourth-order valence-electron chi connectivity index (χ4n) is 3.00. The van der Waals surface area contributed by atoms with Gasteiger partial charge >= 0.3 is 0 Å². The number of likely N-dealkylation sites (N-methyl/N-ethyl adjacent to an activating group) is 1. The minimum Gasteiger partial charge on any atom is -0.545 e. The molecule has 0 fully saturated rings. The van der Waals surface area contributed by atoms with Gasteiger partial charge in [-0.15, -0.1) is 0 Å². The van der Waals surface area contributed by atoms with E-state index in [2.05, 4.69) is 42.9 Å². The van der Waals surface area contributed by atoms with Crippen molar-refractivity contribution >= 4 is 17.0 Å². The Morgan fingerprint density at radius 3 is 2.48 bits per heavy atom. The molecule has 130 valence electrons. The first kappa shape index (κ1) is 17.2. The number of rotatable bonds is 6. The molecule has 2 aromatic carbocycles. The van der Waals surface area contributed by atoms with Crippen molar-refractivity contribution in [2.24, 2.45) is 0 Å². The molecule has 0 amide bonds. The molecule has 0 aliphatic carbocycles. The second-order valence-electron chi connectivity index (χ2n) is 6.47. The number of imidazole rings is 1. The molecule has 0 bridgehead atoms. The number of nitrogens with two attached hydrogens (primary N) is 1. The highest BCUT2D eigenvalue weighted by molar-refractivity contribution is 5.85. The highest BCUT2D eigenvalue weighted by Crippen LogP contribution is 2.22. The van der Waals surface area contributed by atoms with Crippen molar-refractivity contribution in [1.82, 2.24) is 9.55 Å². The number of hydrogen-bond acceptors (Lipinski definition) is 3. The van der Waals surface area contributed by atoms with E-state index in [-0.39, 0.29) is 5.56 Å². The van der Waals surface area contributed by atoms with Crippen molar-refractivity contribution in [3.8, 4) is 0 Å². The Balaban J connectivity index is 2.02. The first-order valence-electron chi connectivity index (χ1n) is 8.54. The van der Waals surface area contributed by atoms with Crippen LogP contribution in [0.4, 0.5) is 0 Å². The van der Waals surface area contributed by atoms with Crippen LogP contribution in [0.25, 0.3) is 11.0 Å². The van der Waals surface area contributed by atoms with Crippen LogP contribution in [0.3, 0.4) is 0 Å². The average Bonchev–Trinajstić information content (AvgIpc) is 2.90. The Bertz CT molecular complexity index is 911. The van der Waals surface area contributed by atoms with E-state index in [4.69, 9.17) is 4.98 Å². The summed E-state index contributed by atoms with van der Waals surface area (Å²) in [5, 5.41) is 13.1. The predicted octanol–water partition coefficient (Wildman–Crippen LogP) is 0.801. The van der Waals surface area contributed by atoms with Crippen LogP contribution >= 0.6 is 0 Å². The monoisotopic (exact) mass is 337 g/mol. The minimum atomic E-state index is -1.15. The van der Waals surface area contributed by atoms with Crippen molar-refractivity contribution in [3.05, 3.63) is 64.5 Å². The third kappa shape index (κ3) is 3.56. The number of nitrogens with zero attached hydrogens (tertiary/aromatic N) is 2. The molecule has 0 saturated carbocycles. The third-order valence-electron chi connectivity index (χ3n) is 4.63. The summed E-state index contributed by atoms with van der Waals surface area (Å²) < 4.78 is 2.24. The van der Waals surface area contributed by atoms with Crippen molar-refractivity contribution in [3.63, 3.8) is 0 Å². The zero-order valence-corrected chi connectivity index (χ0v) is 14.9. The second-order valence-corrected chi connectivity index (χ2v) is 6.47. The summed E-state index contributed by atoms with van der Waals surface area (Å²) >= 11 is 0. The number of aromatic nitrogens is 2. The van der Waals surface area contributed by atoms with E-state index in [1.54, 1.807) is 12.1 Å². The molecular weight excluding hydrogens is 314 g/mol. The number of carbonyl (C=O) groups is 1. The molecular formula is C20H23N3O2. The molecule has 25 heavy (non-hydrogen) atoms. The van der Waals surface area contributed by atoms with Gasteiger partial charge in [0.1, 0.15) is 5.82 Å². The van der Waals surface area contributed by atoms with Crippen LogP contribution in [0.15, 0.2) is 36.4 Å². The Kier molecular flexibility index (Phi) is 4.86. The van der Waals surface area contributed by atoms with Crippen LogP contribution in [-0.4, -0.2) is 29.1 Å². The standard InChI is InChI=1S/C20H23N3O2/c1-13-10-17-18(11-14(13)2)23(19(22-17)8-9-21-3)12-15-4-6-16(7-5-15)20(24)25/h4-7,10-11,21H,8-9,12H2,1-3H3,(H,24,25). The van der Waals surface area contributed by atoms with Gasteiger partial charge < -0.3 is 19.8 Å². The van der Waals surface area contributed by atoms with Crippen molar-refractivity contribution < 1.29 is 15.2 Å². The van der Waals surface area contributed by atoms with Crippen LogP contribution in [0, 0.1) is 13.8 Å². The molecule has 3 rings (SSSR count). The summed E-state index contributed by atoms with van der Waals surface area (Å²) in [6.45, 7) is 5.86. The fourth-order valence-corrected chi connectivity index (χ4v) is 3.00. The number of fused-ring (bicyclic) bond motifs is 1. The maximum absolute atomic E-state index is 10.9. The van der Waals surface area contributed by atoms with E-state index in [1.807, 2.05) is 12.1 Å². The van der Waals surface area contributed by atoms with Crippen molar-refractivity contribution in [2.75, 3.05) is 13.6 Å². The maximum Gasteiger partial charge on any atom is 0.115 e. The summed E-state index contributed by atoms with van der Waals surface area (Å²) in [5.74, 6) is -0.0908. The van der Waals surface area contributed by atoms with Gasteiger partial charge in [0.2, 0.25) is 0 Å². The number of carboxylic acid groups (broad SMARTS) is 1. The van der Waals surface area contributed by atoms with Gasteiger partial charge in [-0.25, -0.2) is 4.98 Å². The lowest BCUT2D eigenvalue weighted by Gasteiger charge is -2.11. The fraction of sp³-hybridized carbons (Fsp3) is 0.300. The van der Waals surface area contributed by atoms with Gasteiger partial charge in [0.05, 0.1) is 37.0 Å². The molecule has 2 N–H and O–H groups in total. The van der Waals surface area contributed by atoms with Gasteiger partial charge in [-0.1, -0.05) is 24.3 Å². The largest absolute Gasteiger partial charge is 0.545 e. The summed E-state index contributed by atoms with van der Waals surface area (Å²) in [6.07, 6.45) is 0.889. The topological polar surface area (TPSA) is 74.6 Å². The Labute approximate surface area is 147 Å². The van der Waals surface area contributed by atoms with Gasteiger partial charge in [-0.05, 0) is 48.2 Å². The van der Waals surface area contributed by atoms with Crippen LogP contribution in [-0.2, 0) is 13.0 Å². The Morgan fingerprint density at radius 2 is 1.84 bits per heavy atom. The highest BCUT2D eigenvalue weighted by atomic mass is 16.4. The van der Waals surface area contributed by atoms with E-state index in [0.29, 0.717) is 6.54 Å². The van der Waals surface area contributed by atoms with Crippen LogP contribution in [0.1, 0.15) is 32.9 Å². The molecule has 1 aromatic heterocycles. The molecule has 5 heteroatoms. The molecule has 3 aromatic rings. The number of aromatic carboxylic acids is 1. The maximum atomic E-state index is 10.9. The number of aryl methyl sites for hydroxylation is 2. The third-order valence-corrected chi connectivity index (χ3v) is 4.63. The SMILES string of the molecule is C[NH2+]CCc1nc2cc(C)c(C)cc2n1Cc1ccc(C(=O)[O-])cc1. The molecule has 5 nitrogen and oxygen atoms in total. The number of carbonyl (C=O) groups excluding carboxylic acids is 1. The number of carboxylic acids is 1. The highest BCUT2D eigenvalue weighted by Gasteiger charge is 2.13. The van der Waals surface area contributed by atoms with Crippen LogP contribution < -0.4 is 10.4 Å². The lowest BCUT2D eigenvalue weighted by Crippen LogP contribution is -2.80. The van der Waals surface area contributed by atoms with Crippen LogP contribution in [0.2, 0.25) is 0 Å². The predicted molar refractivity (Wildman–Crippen MR) is 95.5 cm³/mol. The minimum absolute atomic E-state index is 0.200. The van der Waals surface area contributed by atoms with E-state index in [9.17, 15) is 9.90 Å². The smallest absolute Gasteiger partial charge is 0.115 e. The van der Waals surface area contributed by atoms with Gasteiger partial charge in [0.25, 0.3) is 0 Å². The average molecular weight is 337 g/mol. The summed E-state index contributed by atoms with van der Waals surface area (Å²) in [5.41, 5.74) is 5.87. The molecule has 0 atom stereocenters. The number of quaternary nitrogens is 1. The van der Waals surface area contributed by atoms with Gasteiger partial charge in [0.15, 0.2) is 0 Å². The molecule has 0 radical (unpaired) electrons. The molecule has 0 spiro atoms. The van der Waals surface area contributed by atoms with Crippen molar-refractivity contribution in [1.29, 1.82) is 0 Å². The van der Waals surface area contributed by atoms with Gasteiger partial charge in [0, 0.05) is 6.54 Å². The molecule has 1 heterocycles. The zero-order chi connectivity index (χ0) is 18.0. The summed E-state index contributed by atoms with van der Waals surface area (Å²) in [6, 6.07) is 11.2. The zero-order valence-electron chi connectivity index (χ0n) is 14.9. The van der Waals surface area contributed by atoms with E-state index in [1.165, 1.54) is 11.1 Å². The number of benzene rings is 2. The van der Waals surface area contributed by atoms with E-state index in [0.717, 1.165) is 35.4 Å². The molecule has 0 aliphatic heterocycles. The van der Waals surface area contributed by atoms with Gasteiger partial charge in [-0.3, -0.25) is 0 Å². The molecule has 0 aliphatic rings. The lowest BCUT2D eigenvalue weighted by atomic mass is 10.1. The number of hydrogen-bond donors (Lipinski definition) is 1. The van der Waals surface area contributed by atoms with E-state index < -0.39 is 5.97 Å². The Hall–Kier alpha value is -2.66. The first-order valence-corrected chi connectivity index (χ1v) is 8.54. The Morgan fingerprint density at radius 1 is 1.16 bits per heavy atom. The second kappa shape index (κ2) is 7.07. The lowest BCUT2D eigenvalue weighted by molar-refractivity contribution is -0.626. The van der Waals surface area contributed by atoms with Crippen LogP contribution in [0.5, 0.6) is 0 Å². The molecule has 0 unspecified atom stereocenters. The quantitative estimate of drug-likeness (QED) is 0.723. The van der Waals surface area contributed by atoms with Crippen molar-refractivity contribution in [2.45, 2.75) is 26.8 Å². The summed E-state index contributed by atoms with van der Waals surface area (Å²) in [7, 11) is 2.06. The summed E-state index contributed by atoms with van der Waals surface area (Å²) in [4.78, 5) is 15.7.